The van der Waals surface area contributed by atoms with E-state index < -0.39 is 26.5 Å². The number of hydrogen-bond donors (Lipinski definition) is 0. The number of phosphoric acid groups is 1. The van der Waals surface area contributed by atoms with Gasteiger partial charge in [0.05, 0.1) is 27.7 Å². The minimum atomic E-state index is -4.64. The molecular weight excluding hydrogens is 1000 g/mol. The molecule has 454 valence electrons. The van der Waals surface area contributed by atoms with Gasteiger partial charge in [0.1, 0.15) is 19.8 Å². The van der Waals surface area contributed by atoms with Gasteiger partial charge in [0.15, 0.2) is 6.10 Å². The average molecular weight is 1120 g/mol. The molecular formula is C69H120NO8P. The number of nitrogens with zero attached hydrogens (tertiary/aromatic N) is 1. The first kappa shape index (κ1) is 75.7. The number of rotatable bonds is 58. The van der Waals surface area contributed by atoms with Crippen LogP contribution in [0.3, 0.4) is 0 Å². The number of carbonyl (C=O) groups is 2. The molecule has 0 aliphatic heterocycles. The lowest BCUT2D eigenvalue weighted by molar-refractivity contribution is -0.870. The number of likely N-dealkylation sites (N-methyl/N-ethyl adjacent to an activating group) is 1. The first-order valence-electron chi connectivity index (χ1n) is 32.1. The lowest BCUT2D eigenvalue weighted by Gasteiger charge is -2.28. The standard InChI is InChI=1S/C69H120NO8P/c1-6-8-10-12-14-16-18-20-22-24-26-27-28-29-30-31-32-33-34-35-36-37-38-39-40-41-42-43-44-46-48-50-52-54-56-58-60-62-69(72)78-67(66-77-79(73,74)76-64-63-70(3,4)5)65-75-68(71)61-59-57-55-53-51-49-47-45-25-23-21-19-17-15-13-11-9-7-2/h8,10,14,16,20,22,26-27,29-30,32-33,35-36,38-39,41-42,67H,6-7,9,11-13,15,17-19,21,23-25,28,31,34,37,40,43-66H2,1-5H3/b10-8-,16-14-,22-20-,27-26-,30-29-,33-32-,36-35-,39-38-,42-41-. The monoisotopic (exact) mass is 1120 g/mol. The Morgan fingerprint density at radius 1 is 0.405 bits per heavy atom. The molecule has 0 aliphatic carbocycles. The molecule has 0 aliphatic rings. The van der Waals surface area contributed by atoms with Gasteiger partial charge in [-0.3, -0.25) is 14.2 Å². The zero-order chi connectivity index (χ0) is 57.7. The van der Waals surface area contributed by atoms with E-state index in [1.54, 1.807) is 0 Å². The maximum atomic E-state index is 12.8. The number of unbranched alkanes of at least 4 members (excludes halogenated alkanes) is 26. The molecule has 0 aromatic carbocycles. The number of hydrogen-bond acceptors (Lipinski definition) is 8. The number of ether oxygens (including phenoxy) is 2. The number of quaternary nitrogens is 1. The summed E-state index contributed by atoms with van der Waals surface area (Å²) in [5.41, 5.74) is 0. The quantitative estimate of drug-likeness (QED) is 0.0195. The molecule has 0 spiro atoms. The summed E-state index contributed by atoms with van der Waals surface area (Å²) in [5.74, 6) is -0.837. The van der Waals surface area contributed by atoms with Crippen LogP contribution in [-0.2, 0) is 32.7 Å². The second kappa shape index (κ2) is 59.3. The Morgan fingerprint density at radius 3 is 1.08 bits per heavy atom. The maximum Gasteiger partial charge on any atom is 0.306 e. The van der Waals surface area contributed by atoms with E-state index in [0.29, 0.717) is 17.4 Å². The summed E-state index contributed by atoms with van der Waals surface area (Å²) < 4.78 is 34.2. The van der Waals surface area contributed by atoms with Gasteiger partial charge in [0.2, 0.25) is 0 Å². The summed E-state index contributed by atoms with van der Waals surface area (Å²) in [6.07, 6.45) is 82.9. The van der Waals surface area contributed by atoms with Gasteiger partial charge in [-0.25, -0.2) is 0 Å². The van der Waals surface area contributed by atoms with Crippen molar-refractivity contribution in [1.29, 1.82) is 0 Å². The fraction of sp³-hybridized carbons (Fsp3) is 0.710. The van der Waals surface area contributed by atoms with Crippen LogP contribution in [0.1, 0.15) is 264 Å². The summed E-state index contributed by atoms with van der Waals surface area (Å²) >= 11 is 0. The molecule has 0 saturated carbocycles. The molecule has 0 fully saturated rings. The van der Waals surface area contributed by atoms with Crippen molar-refractivity contribution in [1.82, 2.24) is 0 Å². The lowest BCUT2D eigenvalue weighted by Crippen LogP contribution is -2.37. The van der Waals surface area contributed by atoms with E-state index in [0.717, 1.165) is 103 Å². The second-order valence-electron chi connectivity index (χ2n) is 22.4. The van der Waals surface area contributed by atoms with Crippen molar-refractivity contribution in [3.8, 4) is 0 Å². The molecule has 79 heavy (non-hydrogen) atoms. The van der Waals surface area contributed by atoms with Crippen molar-refractivity contribution in [2.45, 2.75) is 270 Å². The van der Waals surface area contributed by atoms with Gasteiger partial charge < -0.3 is 27.9 Å². The fourth-order valence-corrected chi connectivity index (χ4v) is 9.38. The largest absolute Gasteiger partial charge is 0.756 e. The third-order valence-electron chi connectivity index (χ3n) is 13.6. The topological polar surface area (TPSA) is 111 Å². The highest BCUT2D eigenvalue weighted by Crippen LogP contribution is 2.38. The van der Waals surface area contributed by atoms with Crippen molar-refractivity contribution in [3.05, 3.63) is 109 Å². The lowest BCUT2D eigenvalue weighted by atomic mass is 10.0. The van der Waals surface area contributed by atoms with Crippen LogP contribution in [-0.4, -0.2) is 70.0 Å². The first-order valence-corrected chi connectivity index (χ1v) is 33.6. The SMILES string of the molecule is CC/C=C\C/C=C\C/C=C\C/C=C\C/C=C\C/C=C\C/C=C\C/C=C\C/C=C\CCCCCCCCCCCC(=O)OC(COC(=O)CCCCCCCCCCCCCCCCCCCC)COP(=O)([O-])OCC[N+](C)(C)C. The van der Waals surface area contributed by atoms with Gasteiger partial charge in [-0.2, -0.15) is 0 Å². The highest BCUT2D eigenvalue weighted by molar-refractivity contribution is 7.45. The van der Waals surface area contributed by atoms with Crippen LogP contribution < -0.4 is 4.89 Å². The molecule has 0 radical (unpaired) electrons. The maximum absolute atomic E-state index is 12.8. The van der Waals surface area contributed by atoms with E-state index in [9.17, 15) is 19.0 Å². The third-order valence-corrected chi connectivity index (χ3v) is 14.5. The first-order chi connectivity index (χ1) is 38.5. The number of allylic oxidation sites excluding steroid dienone is 18. The van der Waals surface area contributed by atoms with E-state index in [2.05, 4.69) is 123 Å². The molecule has 0 heterocycles. The molecule has 2 unspecified atom stereocenters. The van der Waals surface area contributed by atoms with Crippen LogP contribution in [0.5, 0.6) is 0 Å². The minimum Gasteiger partial charge on any atom is -0.756 e. The number of phosphoric ester groups is 1. The van der Waals surface area contributed by atoms with E-state index >= 15 is 0 Å². The van der Waals surface area contributed by atoms with Gasteiger partial charge in [0.25, 0.3) is 7.82 Å². The summed E-state index contributed by atoms with van der Waals surface area (Å²) in [6, 6.07) is 0. The second-order valence-corrected chi connectivity index (χ2v) is 23.8. The van der Waals surface area contributed by atoms with Gasteiger partial charge in [-0.05, 0) is 83.5 Å². The summed E-state index contributed by atoms with van der Waals surface area (Å²) in [5, 5.41) is 0. The van der Waals surface area contributed by atoms with Crippen molar-refractivity contribution in [3.63, 3.8) is 0 Å². The Hall–Kier alpha value is -3.33. The molecule has 0 aromatic rings. The smallest absolute Gasteiger partial charge is 0.306 e. The Balaban J connectivity index is 4.12. The number of esters is 2. The van der Waals surface area contributed by atoms with Crippen molar-refractivity contribution in [2.75, 3.05) is 47.5 Å². The van der Waals surface area contributed by atoms with Gasteiger partial charge >= 0.3 is 11.9 Å². The normalized spacial score (nSPS) is 13.9. The third kappa shape index (κ3) is 63.7. The van der Waals surface area contributed by atoms with Crippen LogP contribution in [0.25, 0.3) is 0 Å². The Morgan fingerprint density at radius 2 is 0.722 bits per heavy atom. The Labute approximate surface area is 486 Å². The summed E-state index contributed by atoms with van der Waals surface area (Å²) in [7, 11) is 1.16. The van der Waals surface area contributed by atoms with E-state index in [-0.39, 0.29) is 32.0 Å². The van der Waals surface area contributed by atoms with Crippen LogP contribution >= 0.6 is 7.82 Å². The fourth-order valence-electron chi connectivity index (χ4n) is 8.65. The van der Waals surface area contributed by atoms with E-state index in [4.69, 9.17) is 18.5 Å². The zero-order valence-corrected chi connectivity index (χ0v) is 52.4. The van der Waals surface area contributed by atoms with Crippen LogP contribution in [0.2, 0.25) is 0 Å². The van der Waals surface area contributed by atoms with E-state index in [1.807, 2.05) is 21.1 Å². The molecule has 0 amide bonds. The minimum absolute atomic E-state index is 0.0352. The summed E-state index contributed by atoms with van der Waals surface area (Å²) in [6.45, 7) is 4.14. The van der Waals surface area contributed by atoms with Crippen molar-refractivity contribution < 1.29 is 42.1 Å². The van der Waals surface area contributed by atoms with Gasteiger partial charge in [-0.15, -0.1) is 0 Å². The predicted octanol–water partition coefficient (Wildman–Crippen LogP) is 19.9. The molecule has 0 N–H and O–H groups in total. The van der Waals surface area contributed by atoms with Crippen LogP contribution in [0, 0.1) is 0 Å². The molecule has 0 rings (SSSR count). The molecule has 0 aromatic heterocycles. The average Bonchev–Trinajstić information content (AvgIpc) is 3.41. The number of carbonyl (C=O) groups excluding carboxylic acids is 2. The molecule has 9 nitrogen and oxygen atoms in total. The van der Waals surface area contributed by atoms with Crippen molar-refractivity contribution in [2.24, 2.45) is 0 Å². The summed E-state index contributed by atoms with van der Waals surface area (Å²) in [4.78, 5) is 37.9. The van der Waals surface area contributed by atoms with Crippen molar-refractivity contribution >= 4 is 19.8 Å². The Bertz CT molecular complexity index is 1700. The van der Waals surface area contributed by atoms with E-state index in [1.165, 1.54) is 128 Å². The zero-order valence-electron chi connectivity index (χ0n) is 51.5. The van der Waals surface area contributed by atoms with Gasteiger partial charge in [-0.1, -0.05) is 277 Å². The predicted molar refractivity (Wildman–Crippen MR) is 337 cm³/mol. The van der Waals surface area contributed by atoms with Crippen LogP contribution in [0.4, 0.5) is 0 Å². The van der Waals surface area contributed by atoms with Crippen LogP contribution in [0.15, 0.2) is 109 Å². The Kier molecular flexibility index (Phi) is 56.8. The highest BCUT2D eigenvalue weighted by atomic mass is 31.2. The molecule has 10 heteroatoms. The molecule has 0 bridgehead atoms. The van der Waals surface area contributed by atoms with Gasteiger partial charge in [0, 0.05) is 12.8 Å². The molecule has 2 atom stereocenters. The highest BCUT2D eigenvalue weighted by Gasteiger charge is 2.22. The molecule has 0 saturated heterocycles.